The molecule has 4 heteroatoms. The fraction of sp³-hybridized carbons (Fsp3) is 0.111. The lowest BCUT2D eigenvalue weighted by atomic mass is 10.2. The number of hydrogen-bond acceptors (Lipinski definition) is 4. The number of ether oxygens (including phenoxy) is 1. The summed E-state index contributed by atoms with van der Waals surface area (Å²) >= 11 is 3.51. The SMILES string of the molecule is CSc1sccc1Nc1cccc(OCc2ccccc2)c1. The highest BCUT2D eigenvalue weighted by molar-refractivity contribution is 8.00. The van der Waals surface area contributed by atoms with Gasteiger partial charge in [0, 0.05) is 11.8 Å². The van der Waals surface area contributed by atoms with Gasteiger partial charge in [-0.3, -0.25) is 0 Å². The van der Waals surface area contributed by atoms with Crippen molar-refractivity contribution in [2.75, 3.05) is 11.6 Å². The molecule has 0 bridgehead atoms. The van der Waals surface area contributed by atoms with Crippen LogP contribution in [0.15, 0.2) is 70.3 Å². The normalized spacial score (nSPS) is 10.4. The molecule has 2 aromatic carbocycles. The number of rotatable bonds is 6. The van der Waals surface area contributed by atoms with E-state index in [4.69, 9.17) is 4.74 Å². The van der Waals surface area contributed by atoms with E-state index >= 15 is 0 Å². The third-order valence-electron chi connectivity index (χ3n) is 3.18. The molecule has 0 aliphatic rings. The van der Waals surface area contributed by atoms with E-state index in [0.29, 0.717) is 6.61 Å². The molecule has 0 radical (unpaired) electrons. The fourth-order valence-electron chi connectivity index (χ4n) is 2.11. The van der Waals surface area contributed by atoms with Crippen LogP contribution in [0.3, 0.4) is 0 Å². The maximum absolute atomic E-state index is 5.87. The first-order valence-corrected chi connectivity index (χ1v) is 9.11. The van der Waals surface area contributed by atoms with Crippen molar-refractivity contribution in [1.29, 1.82) is 0 Å². The molecule has 22 heavy (non-hydrogen) atoms. The Balaban J connectivity index is 1.67. The Morgan fingerprint density at radius 2 is 1.91 bits per heavy atom. The number of hydrogen-bond donors (Lipinski definition) is 1. The first kappa shape index (κ1) is 15.0. The molecule has 0 aliphatic heterocycles. The van der Waals surface area contributed by atoms with Crippen LogP contribution in [-0.2, 0) is 6.61 Å². The third kappa shape index (κ3) is 3.84. The van der Waals surface area contributed by atoms with Gasteiger partial charge in [0.15, 0.2) is 0 Å². The van der Waals surface area contributed by atoms with E-state index in [-0.39, 0.29) is 0 Å². The standard InChI is InChI=1S/C18H17NOS2/c1-21-18-17(10-11-22-18)19-15-8-5-9-16(12-15)20-13-14-6-3-2-4-7-14/h2-12,19H,13H2,1H3. The second kappa shape index (κ2) is 7.38. The molecule has 0 saturated heterocycles. The molecule has 3 aromatic rings. The number of benzene rings is 2. The lowest BCUT2D eigenvalue weighted by molar-refractivity contribution is 0.306. The Morgan fingerprint density at radius 1 is 1.05 bits per heavy atom. The minimum Gasteiger partial charge on any atom is -0.489 e. The van der Waals surface area contributed by atoms with E-state index in [1.165, 1.54) is 9.77 Å². The number of anilines is 2. The molecular weight excluding hydrogens is 310 g/mol. The average molecular weight is 327 g/mol. The average Bonchev–Trinajstić information content (AvgIpc) is 3.01. The number of thiophene rings is 1. The third-order valence-corrected chi connectivity index (χ3v) is 5.26. The highest BCUT2D eigenvalue weighted by Crippen LogP contribution is 2.33. The summed E-state index contributed by atoms with van der Waals surface area (Å²) in [5, 5.41) is 5.55. The van der Waals surface area contributed by atoms with Crippen LogP contribution in [0.4, 0.5) is 11.4 Å². The van der Waals surface area contributed by atoms with Gasteiger partial charge < -0.3 is 10.1 Å². The van der Waals surface area contributed by atoms with Crippen LogP contribution < -0.4 is 10.1 Å². The summed E-state index contributed by atoms with van der Waals surface area (Å²) in [4.78, 5) is 0. The Hall–Kier alpha value is -1.91. The van der Waals surface area contributed by atoms with Crippen molar-refractivity contribution >= 4 is 34.5 Å². The van der Waals surface area contributed by atoms with Crippen molar-refractivity contribution in [3.05, 3.63) is 71.6 Å². The summed E-state index contributed by atoms with van der Waals surface area (Å²) in [5.74, 6) is 0.870. The topological polar surface area (TPSA) is 21.3 Å². The molecule has 1 aromatic heterocycles. The molecule has 0 spiro atoms. The first-order valence-electron chi connectivity index (χ1n) is 7.00. The van der Waals surface area contributed by atoms with E-state index in [9.17, 15) is 0 Å². The predicted octanol–water partition coefficient (Wildman–Crippen LogP) is 5.79. The molecule has 2 nitrogen and oxygen atoms in total. The van der Waals surface area contributed by atoms with Crippen molar-refractivity contribution in [2.24, 2.45) is 0 Å². The van der Waals surface area contributed by atoms with Gasteiger partial charge in [-0.25, -0.2) is 0 Å². The van der Waals surface area contributed by atoms with Crippen LogP contribution in [-0.4, -0.2) is 6.26 Å². The van der Waals surface area contributed by atoms with Crippen molar-refractivity contribution < 1.29 is 4.74 Å². The largest absolute Gasteiger partial charge is 0.489 e. The van der Waals surface area contributed by atoms with Crippen molar-refractivity contribution in [3.8, 4) is 5.75 Å². The van der Waals surface area contributed by atoms with E-state index in [1.807, 2.05) is 36.4 Å². The molecule has 0 fully saturated rings. The highest BCUT2D eigenvalue weighted by Gasteiger charge is 2.04. The maximum Gasteiger partial charge on any atom is 0.121 e. The molecule has 0 atom stereocenters. The van der Waals surface area contributed by atoms with Crippen LogP contribution in [0.1, 0.15) is 5.56 Å². The van der Waals surface area contributed by atoms with Gasteiger partial charge in [-0.2, -0.15) is 0 Å². The van der Waals surface area contributed by atoms with Crippen LogP contribution in [0, 0.1) is 0 Å². The van der Waals surface area contributed by atoms with Gasteiger partial charge >= 0.3 is 0 Å². The summed E-state index contributed by atoms with van der Waals surface area (Å²) in [7, 11) is 0. The lowest BCUT2D eigenvalue weighted by Crippen LogP contribution is -1.96. The minimum absolute atomic E-state index is 0.582. The zero-order valence-electron chi connectivity index (χ0n) is 12.3. The van der Waals surface area contributed by atoms with Gasteiger partial charge in [0.25, 0.3) is 0 Å². The van der Waals surface area contributed by atoms with E-state index < -0.39 is 0 Å². The zero-order valence-corrected chi connectivity index (χ0v) is 13.9. The van der Waals surface area contributed by atoms with Crippen molar-refractivity contribution in [2.45, 2.75) is 10.8 Å². The predicted molar refractivity (Wildman–Crippen MR) is 96.6 cm³/mol. The summed E-state index contributed by atoms with van der Waals surface area (Å²) in [5.41, 5.74) is 3.36. The first-order chi connectivity index (χ1) is 10.8. The Kier molecular flexibility index (Phi) is 5.03. The molecule has 3 rings (SSSR count). The minimum atomic E-state index is 0.582. The van der Waals surface area contributed by atoms with Gasteiger partial charge in [0.1, 0.15) is 12.4 Å². The summed E-state index contributed by atoms with van der Waals surface area (Å²) < 4.78 is 7.15. The molecule has 112 valence electrons. The molecule has 0 saturated carbocycles. The molecule has 0 amide bonds. The molecule has 0 unspecified atom stereocenters. The summed E-state index contributed by atoms with van der Waals surface area (Å²) in [6.45, 7) is 0.582. The highest BCUT2D eigenvalue weighted by atomic mass is 32.2. The van der Waals surface area contributed by atoms with Crippen LogP contribution in [0.25, 0.3) is 0 Å². The Morgan fingerprint density at radius 3 is 2.73 bits per heavy atom. The summed E-state index contributed by atoms with van der Waals surface area (Å²) in [6, 6.07) is 20.4. The Labute approximate surface area is 139 Å². The molecule has 1 heterocycles. The van der Waals surface area contributed by atoms with Gasteiger partial charge in [0.2, 0.25) is 0 Å². The van der Waals surface area contributed by atoms with Crippen LogP contribution >= 0.6 is 23.1 Å². The molecule has 0 aliphatic carbocycles. The summed E-state index contributed by atoms with van der Waals surface area (Å²) in [6.07, 6.45) is 2.09. The number of nitrogens with one attached hydrogen (secondary N) is 1. The maximum atomic E-state index is 5.87. The van der Waals surface area contributed by atoms with Gasteiger partial charge in [-0.1, -0.05) is 36.4 Å². The second-order valence-corrected chi connectivity index (χ2v) is 6.74. The van der Waals surface area contributed by atoms with Crippen LogP contribution in [0.2, 0.25) is 0 Å². The van der Waals surface area contributed by atoms with Gasteiger partial charge in [-0.05, 0) is 35.4 Å². The van der Waals surface area contributed by atoms with Gasteiger partial charge in [0.05, 0.1) is 9.90 Å². The van der Waals surface area contributed by atoms with E-state index in [2.05, 4.69) is 41.2 Å². The fourth-order valence-corrected chi connectivity index (χ4v) is 3.57. The Bertz CT molecular complexity index is 725. The van der Waals surface area contributed by atoms with E-state index in [1.54, 1.807) is 23.1 Å². The zero-order chi connectivity index (χ0) is 15.2. The molecular formula is C18H17NOS2. The lowest BCUT2D eigenvalue weighted by Gasteiger charge is -2.10. The molecule has 1 N–H and O–H groups in total. The van der Waals surface area contributed by atoms with Crippen molar-refractivity contribution in [1.82, 2.24) is 0 Å². The van der Waals surface area contributed by atoms with Crippen molar-refractivity contribution in [3.63, 3.8) is 0 Å². The van der Waals surface area contributed by atoms with E-state index in [0.717, 1.165) is 17.1 Å². The number of thioether (sulfide) groups is 1. The van der Waals surface area contributed by atoms with Crippen LogP contribution in [0.5, 0.6) is 5.75 Å². The second-order valence-electron chi connectivity index (χ2n) is 4.75. The van der Waals surface area contributed by atoms with Gasteiger partial charge in [-0.15, -0.1) is 23.1 Å². The smallest absolute Gasteiger partial charge is 0.121 e. The monoisotopic (exact) mass is 327 g/mol. The quantitative estimate of drug-likeness (QED) is 0.579.